The Morgan fingerprint density at radius 3 is 2.60 bits per heavy atom. The van der Waals surface area contributed by atoms with Crippen LogP contribution in [0, 0.1) is 0 Å². The summed E-state index contributed by atoms with van der Waals surface area (Å²) in [6.07, 6.45) is 4.75. The van der Waals surface area contributed by atoms with Gasteiger partial charge in [0.1, 0.15) is 6.04 Å². The van der Waals surface area contributed by atoms with Crippen molar-refractivity contribution in [1.82, 2.24) is 15.1 Å². The fourth-order valence-electron chi connectivity index (χ4n) is 2.86. The van der Waals surface area contributed by atoms with E-state index in [-0.39, 0.29) is 17.7 Å². The fraction of sp³-hybridized carbons (Fsp3) is 0.588. The van der Waals surface area contributed by atoms with E-state index in [9.17, 15) is 14.4 Å². The molecule has 1 saturated heterocycles. The van der Waals surface area contributed by atoms with Gasteiger partial charge in [0, 0.05) is 33.1 Å². The summed E-state index contributed by atoms with van der Waals surface area (Å²) in [4.78, 5) is 40.0. The quantitative estimate of drug-likeness (QED) is 0.817. The number of nitrogens with one attached hydrogen (secondary N) is 1. The monoisotopic (exact) mass is 367 g/mol. The number of rotatable bonds is 6. The van der Waals surface area contributed by atoms with Crippen LogP contribution in [0.3, 0.4) is 0 Å². The number of thioether (sulfide) groups is 1. The maximum absolute atomic E-state index is 12.8. The predicted molar refractivity (Wildman–Crippen MR) is 96.4 cm³/mol. The summed E-state index contributed by atoms with van der Waals surface area (Å²) in [6, 6.07) is 2.83. The van der Waals surface area contributed by atoms with Gasteiger partial charge in [-0.2, -0.15) is 11.8 Å². The number of hydrogen-bond donors (Lipinski definition) is 1. The van der Waals surface area contributed by atoms with Crippen molar-refractivity contribution in [3.63, 3.8) is 0 Å². The molecule has 1 atom stereocenters. The molecule has 0 bridgehead atoms. The van der Waals surface area contributed by atoms with Crippen LogP contribution in [0.15, 0.2) is 22.8 Å². The third kappa shape index (κ3) is 5.52. The topological polar surface area (TPSA) is 82.9 Å². The first-order valence-electron chi connectivity index (χ1n) is 8.40. The number of furan rings is 1. The van der Waals surface area contributed by atoms with Gasteiger partial charge in [0.15, 0.2) is 5.76 Å². The Morgan fingerprint density at radius 1 is 1.24 bits per heavy atom. The lowest BCUT2D eigenvalue weighted by atomic mass is 10.2. The largest absolute Gasteiger partial charge is 0.459 e. The molecule has 0 aliphatic carbocycles. The fourth-order valence-corrected chi connectivity index (χ4v) is 3.33. The van der Waals surface area contributed by atoms with E-state index in [1.165, 1.54) is 13.2 Å². The molecule has 0 radical (unpaired) electrons. The van der Waals surface area contributed by atoms with Crippen molar-refractivity contribution in [3.8, 4) is 0 Å². The Hall–Kier alpha value is -1.96. The van der Waals surface area contributed by atoms with E-state index in [2.05, 4.69) is 5.32 Å². The summed E-state index contributed by atoms with van der Waals surface area (Å²) in [5.41, 5.74) is 0. The molecule has 2 heterocycles. The van der Waals surface area contributed by atoms with Gasteiger partial charge in [-0.05, 0) is 37.0 Å². The highest BCUT2D eigenvalue weighted by Gasteiger charge is 2.28. The molecule has 2 rings (SSSR count). The molecular formula is C17H25N3O4S. The van der Waals surface area contributed by atoms with Crippen molar-refractivity contribution < 1.29 is 18.8 Å². The summed E-state index contributed by atoms with van der Waals surface area (Å²) in [5.74, 6) is 0.685. The van der Waals surface area contributed by atoms with Crippen LogP contribution in [0.2, 0.25) is 0 Å². The number of hydrogen-bond acceptors (Lipinski definition) is 5. The van der Waals surface area contributed by atoms with Crippen LogP contribution in [0.5, 0.6) is 0 Å². The molecule has 1 aromatic rings. The average molecular weight is 367 g/mol. The first kappa shape index (κ1) is 19.4. The van der Waals surface area contributed by atoms with Gasteiger partial charge in [-0.1, -0.05) is 0 Å². The Morgan fingerprint density at radius 2 is 1.96 bits per heavy atom. The summed E-state index contributed by atoms with van der Waals surface area (Å²) < 4.78 is 5.17. The van der Waals surface area contributed by atoms with E-state index in [1.54, 1.807) is 33.7 Å². The summed E-state index contributed by atoms with van der Waals surface area (Å²) >= 11 is 1.64. The maximum Gasteiger partial charge on any atom is 0.289 e. The lowest BCUT2D eigenvalue weighted by Crippen LogP contribution is -2.49. The third-order valence-corrected chi connectivity index (χ3v) is 4.76. The molecule has 1 aliphatic heterocycles. The highest BCUT2D eigenvalue weighted by Crippen LogP contribution is 2.12. The number of amides is 3. The molecule has 25 heavy (non-hydrogen) atoms. The third-order valence-electron chi connectivity index (χ3n) is 4.11. The van der Waals surface area contributed by atoms with Gasteiger partial charge < -0.3 is 19.5 Å². The Labute approximate surface area is 152 Å². The zero-order chi connectivity index (χ0) is 18.2. The minimum Gasteiger partial charge on any atom is -0.459 e. The molecule has 1 fully saturated rings. The highest BCUT2D eigenvalue weighted by molar-refractivity contribution is 7.98. The molecule has 0 unspecified atom stereocenters. The van der Waals surface area contributed by atoms with Crippen molar-refractivity contribution in [3.05, 3.63) is 24.2 Å². The van der Waals surface area contributed by atoms with Crippen LogP contribution in [0.1, 0.15) is 30.3 Å². The number of carbonyl (C=O) groups is 3. The standard InChI is InChI=1S/C17H25N3O4S/c1-13(21)18-14(6-12-25-2)16(22)19-7-4-8-20(10-9-19)17(23)15-5-3-11-24-15/h3,5,11,14H,4,6-10,12H2,1-2H3,(H,18,21)/t14-/m0/s1. The molecule has 1 N–H and O–H groups in total. The normalized spacial score (nSPS) is 16.2. The van der Waals surface area contributed by atoms with E-state index >= 15 is 0 Å². The molecule has 0 saturated carbocycles. The SMILES string of the molecule is CSCC[C@H](NC(C)=O)C(=O)N1CCCN(C(=O)c2ccco2)CC1. The molecule has 138 valence electrons. The number of carbonyl (C=O) groups excluding carboxylic acids is 3. The highest BCUT2D eigenvalue weighted by atomic mass is 32.2. The lowest BCUT2D eigenvalue weighted by Gasteiger charge is -2.26. The average Bonchev–Trinajstić information content (AvgIpc) is 3.01. The van der Waals surface area contributed by atoms with E-state index in [0.29, 0.717) is 44.8 Å². The molecule has 1 aliphatic rings. The van der Waals surface area contributed by atoms with Crippen LogP contribution in [0.25, 0.3) is 0 Å². The molecule has 8 heteroatoms. The molecule has 0 aromatic carbocycles. The number of nitrogens with zero attached hydrogens (tertiary/aromatic N) is 2. The second-order valence-corrected chi connectivity index (χ2v) is 6.97. The molecule has 7 nitrogen and oxygen atoms in total. The van der Waals surface area contributed by atoms with Gasteiger partial charge in [0.05, 0.1) is 6.26 Å². The van der Waals surface area contributed by atoms with Crippen LogP contribution < -0.4 is 5.32 Å². The first-order valence-corrected chi connectivity index (χ1v) is 9.80. The van der Waals surface area contributed by atoms with Gasteiger partial charge in [0.2, 0.25) is 11.8 Å². The second-order valence-electron chi connectivity index (χ2n) is 5.98. The Balaban J connectivity index is 1.96. The Bertz CT molecular complexity index is 591. The summed E-state index contributed by atoms with van der Waals surface area (Å²) in [7, 11) is 0. The summed E-state index contributed by atoms with van der Waals surface area (Å²) in [5, 5.41) is 2.75. The van der Waals surface area contributed by atoms with Crippen LogP contribution in [-0.2, 0) is 9.59 Å². The van der Waals surface area contributed by atoms with E-state index in [1.807, 2.05) is 6.26 Å². The van der Waals surface area contributed by atoms with Crippen molar-refractivity contribution >= 4 is 29.5 Å². The van der Waals surface area contributed by atoms with Gasteiger partial charge in [0.25, 0.3) is 5.91 Å². The predicted octanol–water partition coefficient (Wildman–Crippen LogP) is 1.21. The van der Waals surface area contributed by atoms with Gasteiger partial charge in [-0.3, -0.25) is 14.4 Å². The van der Waals surface area contributed by atoms with Crippen molar-refractivity contribution in [2.75, 3.05) is 38.2 Å². The van der Waals surface area contributed by atoms with E-state index < -0.39 is 6.04 Å². The minimum atomic E-state index is -0.503. The maximum atomic E-state index is 12.8. The second kappa shape index (κ2) is 9.50. The Kier molecular flexibility index (Phi) is 7.36. The van der Waals surface area contributed by atoms with Crippen molar-refractivity contribution in [1.29, 1.82) is 0 Å². The van der Waals surface area contributed by atoms with Crippen LogP contribution in [-0.4, -0.2) is 71.8 Å². The summed E-state index contributed by atoms with van der Waals surface area (Å²) in [6.45, 7) is 3.50. The van der Waals surface area contributed by atoms with Crippen molar-refractivity contribution in [2.24, 2.45) is 0 Å². The molecule has 1 aromatic heterocycles. The molecular weight excluding hydrogens is 342 g/mol. The van der Waals surface area contributed by atoms with Gasteiger partial charge in [-0.25, -0.2) is 0 Å². The van der Waals surface area contributed by atoms with Crippen molar-refractivity contribution in [2.45, 2.75) is 25.8 Å². The minimum absolute atomic E-state index is 0.0726. The zero-order valence-corrected chi connectivity index (χ0v) is 15.5. The van der Waals surface area contributed by atoms with Gasteiger partial charge in [-0.15, -0.1) is 0 Å². The first-order chi connectivity index (χ1) is 12.0. The zero-order valence-electron chi connectivity index (χ0n) is 14.7. The van der Waals surface area contributed by atoms with E-state index in [0.717, 1.165) is 5.75 Å². The molecule has 0 spiro atoms. The smallest absolute Gasteiger partial charge is 0.289 e. The lowest BCUT2D eigenvalue weighted by molar-refractivity contribution is -0.136. The van der Waals surface area contributed by atoms with Gasteiger partial charge >= 0.3 is 0 Å². The van der Waals surface area contributed by atoms with Crippen LogP contribution in [0.4, 0.5) is 0 Å². The van der Waals surface area contributed by atoms with E-state index in [4.69, 9.17) is 4.42 Å². The van der Waals surface area contributed by atoms with Crippen LogP contribution >= 0.6 is 11.8 Å². The molecule has 3 amide bonds.